The molecule has 3 nitrogen and oxygen atoms in total. The summed E-state index contributed by atoms with van der Waals surface area (Å²) in [5.74, 6) is -1.51. The predicted octanol–water partition coefficient (Wildman–Crippen LogP) is 3.80. The van der Waals surface area contributed by atoms with E-state index in [4.69, 9.17) is 21.4 Å². The van der Waals surface area contributed by atoms with E-state index in [1.54, 1.807) is 12.1 Å². The molecule has 1 N–H and O–H groups in total. The zero-order chi connectivity index (χ0) is 12.9. The molecule has 2 aromatic rings. The first-order valence-electron chi connectivity index (χ1n) is 5.05. The van der Waals surface area contributed by atoms with Gasteiger partial charge in [-0.05, 0) is 18.2 Å². The highest BCUT2D eigenvalue weighted by Gasteiger charge is 2.25. The molecule has 0 aliphatic carbocycles. The number of hydrogen-bond acceptors (Lipinski definition) is 3. The standard InChI is InChI=1S/C12H6ClFO3S/c13-7-2-1-6-10(9(7)14)17-4-5-3-8(12(15)16)18-11(5)6/h1-3H,4H2,(H,15,16). The number of ether oxygens (including phenoxy) is 1. The van der Waals surface area contributed by atoms with Crippen LogP contribution in [0.15, 0.2) is 18.2 Å². The van der Waals surface area contributed by atoms with Gasteiger partial charge in [0.1, 0.15) is 11.5 Å². The van der Waals surface area contributed by atoms with Crippen molar-refractivity contribution in [3.8, 4) is 16.2 Å². The summed E-state index contributed by atoms with van der Waals surface area (Å²) in [5.41, 5.74) is 1.31. The maximum atomic E-state index is 13.8. The van der Waals surface area contributed by atoms with Gasteiger partial charge in [0.2, 0.25) is 0 Å². The van der Waals surface area contributed by atoms with Crippen molar-refractivity contribution < 1.29 is 19.0 Å². The van der Waals surface area contributed by atoms with Crippen LogP contribution in [0.1, 0.15) is 15.2 Å². The lowest BCUT2D eigenvalue weighted by atomic mass is 10.1. The van der Waals surface area contributed by atoms with Crippen molar-refractivity contribution in [2.24, 2.45) is 0 Å². The molecule has 0 saturated carbocycles. The van der Waals surface area contributed by atoms with Crippen LogP contribution < -0.4 is 4.74 Å². The van der Waals surface area contributed by atoms with Gasteiger partial charge in [0, 0.05) is 16.0 Å². The molecule has 0 saturated heterocycles. The Morgan fingerprint density at radius 1 is 1.50 bits per heavy atom. The number of benzene rings is 1. The first kappa shape index (κ1) is 11.5. The van der Waals surface area contributed by atoms with E-state index in [0.717, 1.165) is 21.8 Å². The SMILES string of the molecule is O=C(O)c1cc2c(s1)-c1ccc(Cl)c(F)c1OC2. The van der Waals surface area contributed by atoms with Crippen LogP contribution >= 0.6 is 22.9 Å². The van der Waals surface area contributed by atoms with Crippen LogP contribution in [0.4, 0.5) is 4.39 Å². The Balaban J connectivity index is 2.23. The molecule has 3 rings (SSSR count). The van der Waals surface area contributed by atoms with Gasteiger partial charge in [-0.1, -0.05) is 11.6 Å². The summed E-state index contributed by atoms with van der Waals surface area (Å²) in [6.45, 7) is 0.156. The maximum absolute atomic E-state index is 13.8. The van der Waals surface area contributed by atoms with Crippen molar-refractivity contribution in [2.45, 2.75) is 6.61 Å². The molecule has 0 unspecified atom stereocenters. The fourth-order valence-electron chi connectivity index (χ4n) is 1.87. The van der Waals surface area contributed by atoms with E-state index in [-0.39, 0.29) is 22.3 Å². The van der Waals surface area contributed by atoms with E-state index in [9.17, 15) is 9.18 Å². The zero-order valence-corrected chi connectivity index (χ0v) is 10.4. The molecule has 18 heavy (non-hydrogen) atoms. The van der Waals surface area contributed by atoms with E-state index in [1.165, 1.54) is 6.07 Å². The van der Waals surface area contributed by atoms with Crippen LogP contribution in [-0.4, -0.2) is 11.1 Å². The summed E-state index contributed by atoms with van der Waals surface area (Å²) in [7, 11) is 0. The fraction of sp³-hybridized carbons (Fsp3) is 0.0833. The summed E-state index contributed by atoms with van der Waals surface area (Å²) in [6, 6.07) is 4.63. The molecule has 1 aliphatic rings. The topological polar surface area (TPSA) is 46.5 Å². The summed E-state index contributed by atoms with van der Waals surface area (Å²) in [6.07, 6.45) is 0. The molecule has 92 valence electrons. The Labute approximate surface area is 110 Å². The van der Waals surface area contributed by atoms with Crippen LogP contribution in [0.25, 0.3) is 10.4 Å². The Morgan fingerprint density at radius 2 is 2.28 bits per heavy atom. The van der Waals surface area contributed by atoms with Gasteiger partial charge in [0.05, 0.1) is 5.02 Å². The third-order valence-corrected chi connectivity index (χ3v) is 4.18. The fourth-order valence-corrected chi connectivity index (χ4v) is 3.05. The lowest BCUT2D eigenvalue weighted by Gasteiger charge is -2.18. The van der Waals surface area contributed by atoms with E-state index >= 15 is 0 Å². The highest BCUT2D eigenvalue weighted by Crippen LogP contribution is 2.45. The lowest BCUT2D eigenvalue weighted by Crippen LogP contribution is -2.04. The van der Waals surface area contributed by atoms with Crippen LogP contribution in [0.2, 0.25) is 5.02 Å². The minimum Gasteiger partial charge on any atom is -0.485 e. The van der Waals surface area contributed by atoms with Crippen molar-refractivity contribution in [1.29, 1.82) is 0 Å². The van der Waals surface area contributed by atoms with Gasteiger partial charge in [-0.2, -0.15) is 0 Å². The second kappa shape index (κ2) is 3.96. The first-order chi connectivity index (χ1) is 8.58. The Bertz CT molecular complexity index is 666. The van der Waals surface area contributed by atoms with Crippen molar-refractivity contribution in [3.05, 3.63) is 39.5 Å². The largest absolute Gasteiger partial charge is 0.485 e. The molecule has 2 heterocycles. The molecule has 6 heteroatoms. The number of halogens is 2. The van der Waals surface area contributed by atoms with Gasteiger partial charge in [-0.3, -0.25) is 0 Å². The highest BCUT2D eigenvalue weighted by molar-refractivity contribution is 7.17. The molecule has 0 amide bonds. The van der Waals surface area contributed by atoms with Gasteiger partial charge in [0.15, 0.2) is 11.6 Å². The third kappa shape index (κ3) is 1.59. The molecule has 1 aromatic heterocycles. The number of carboxylic acids is 1. The van der Waals surface area contributed by atoms with Crippen LogP contribution in [0.3, 0.4) is 0 Å². The Morgan fingerprint density at radius 3 is 3.00 bits per heavy atom. The molecule has 1 aromatic carbocycles. The third-order valence-electron chi connectivity index (χ3n) is 2.69. The van der Waals surface area contributed by atoms with Crippen molar-refractivity contribution in [3.63, 3.8) is 0 Å². The number of rotatable bonds is 1. The Kier molecular flexibility index (Phi) is 2.53. The molecule has 0 atom stereocenters. The monoisotopic (exact) mass is 284 g/mol. The van der Waals surface area contributed by atoms with Crippen LogP contribution in [-0.2, 0) is 6.61 Å². The van der Waals surface area contributed by atoms with Gasteiger partial charge in [0.25, 0.3) is 0 Å². The minimum absolute atomic E-state index is 0.00721. The van der Waals surface area contributed by atoms with Crippen molar-refractivity contribution in [2.75, 3.05) is 0 Å². The average molecular weight is 285 g/mol. The average Bonchev–Trinajstić information content (AvgIpc) is 2.77. The van der Waals surface area contributed by atoms with Gasteiger partial charge >= 0.3 is 5.97 Å². The molecule has 0 spiro atoms. The second-order valence-corrected chi connectivity index (χ2v) is 5.26. The first-order valence-corrected chi connectivity index (χ1v) is 6.24. The number of thiophene rings is 1. The zero-order valence-electron chi connectivity index (χ0n) is 8.87. The summed E-state index contributed by atoms with van der Waals surface area (Å²) in [4.78, 5) is 11.9. The minimum atomic E-state index is -0.995. The predicted molar refractivity (Wildman–Crippen MR) is 66.0 cm³/mol. The molecular formula is C12H6ClFO3S. The molecule has 0 bridgehead atoms. The van der Waals surface area contributed by atoms with Gasteiger partial charge in [-0.25, -0.2) is 9.18 Å². The number of aromatic carboxylic acids is 1. The van der Waals surface area contributed by atoms with Gasteiger partial charge in [-0.15, -0.1) is 11.3 Å². The molecule has 0 radical (unpaired) electrons. The van der Waals surface area contributed by atoms with E-state index in [1.807, 2.05) is 0 Å². The smallest absolute Gasteiger partial charge is 0.345 e. The summed E-state index contributed by atoms with van der Waals surface area (Å²) in [5, 5.41) is 8.95. The molecular weight excluding hydrogens is 279 g/mol. The van der Waals surface area contributed by atoms with Crippen molar-refractivity contribution in [1.82, 2.24) is 0 Å². The number of carbonyl (C=O) groups is 1. The number of hydrogen-bond donors (Lipinski definition) is 1. The van der Waals surface area contributed by atoms with Gasteiger partial charge < -0.3 is 9.84 Å². The lowest BCUT2D eigenvalue weighted by molar-refractivity contribution is 0.0702. The molecule has 1 aliphatic heterocycles. The summed E-state index contributed by atoms with van der Waals surface area (Å²) < 4.78 is 19.1. The number of fused-ring (bicyclic) bond motifs is 3. The maximum Gasteiger partial charge on any atom is 0.345 e. The van der Waals surface area contributed by atoms with Crippen LogP contribution in [0.5, 0.6) is 5.75 Å². The highest BCUT2D eigenvalue weighted by atomic mass is 35.5. The Hall–Kier alpha value is -1.59. The van der Waals surface area contributed by atoms with Crippen molar-refractivity contribution >= 4 is 28.9 Å². The quantitative estimate of drug-likeness (QED) is 0.866. The number of carboxylic acid groups (broad SMARTS) is 1. The van der Waals surface area contributed by atoms with E-state index in [0.29, 0.717) is 5.56 Å². The molecule has 0 fully saturated rings. The van der Waals surface area contributed by atoms with E-state index < -0.39 is 11.8 Å². The van der Waals surface area contributed by atoms with E-state index in [2.05, 4.69) is 0 Å². The normalized spacial score (nSPS) is 12.6. The van der Waals surface area contributed by atoms with Crippen LogP contribution in [0, 0.1) is 5.82 Å². The second-order valence-electron chi connectivity index (χ2n) is 3.80. The summed E-state index contributed by atoms with van der Waals surface area (Å²) >= 11 is 6.79.